The first-order chi connectivity index (χ1) is 7.89. The zero-order valence-electron chi connectivity index (χ0n) is 9.43. The van der Waals surface area contributed by atoms with Gasteiger partial charge in [-0.05, 0) is 12.5 Å². The number of halogens is 1. The van der Waals surface area contributed by atoms with Gasteiger partial charge in [-0.3, -0.25) is 0 Å². The van der Waals surface area contributed by atoms with E-state index in [0.29, 0.717) is 22.9 Å². The van der Waals surface area contributed by atoms with Crippen LogP contribution in [0.2, 0.25) is 5.02 Å². The molecule has 1 saturated heterocycles. The Kier molecular flexibility index (Phi) is 3.18. The molecule has 2 rings (SSSR count). The summed E-state index contributed by atoms with van der Waals surface area (Å²) in [6, 6.07) is 1.55. The van der Waals surface area contributed by atoms with Crippen LogP contribution in [0.25, 0.3) is 0 Å². The number of anilines is 2. The number of hydrogen-bond donors (Lipinski definition) is 1. The standard InChI is InChI=1S/C10H14ClN3O2S/c1-14(8-2-3-17(15,16)6-8)10-9(11)4-7(12)5-13-10/h4-5,8H,2-3,6,12H2,1H3. The first-order valence-corrected chi connectivity index (χ1v) is 7.43. The van der Waals surface area contributed by atoms with Gasteiger partial charge in [0.2, 0.25) is 0 Å². The number of aromatic nitrogens is 1. The highest BCUT2D eigenvalue weighted by Gasteiger charge is 2.31. The van der Waals surface area contributed by atoms with Gasteiger partial charge in [-0.15, -0.1) is 0 Å². The molecule has 5 nitrogen and oxygen atoms in total. The summed E-state index contributed by atoms with van der Waals surface area (Å²) in [5, 5.41) is 0.441. The fourth-order valence-corrected chi connectivity index (χ4v) is 4.04. The highest BCUT2D eigenvalue weighted by Crippen LogP contribution is 2.28. The molecule has 94 valence electrons. The van der Waals surface area contributed by atoms with Crippen LogP contribution >= 0.6 is 11.6 Å². The van der Waals surface area contributed by atoms with Gasteiger partial charge in [0.15, 0.2) is 9.84 Å². The zero-order valence-corrected chi connectivity index (χ0v) is 11.0. The minimum atomic E-state index is -2.91. The molecule has 7 heteroatoms. The maximum absolute atomic E-state index is 11.4. The molecular formula is C10H14ClN3O2S. The van der Waals surface area contributed by atoms with Crippen LogP contribution in [0.5, 0.6) is 0 Å². The van der Waals surface area contributed by atoms with Crippen LogP contribution in [0, 0.1) is 0 Å². The van der Waals surface area contributed by atoms with E-state index >= 15 is 0 Å². The van der Waals surface area contributed by atoms with E-state index in [4.69, 9.17) is 17.3 Å². The molecule has 1 aliphatic rings. The van der Waals surface area contributed by atoms with Gasteiger partial charge in [-0.25, -0.2) is 13.4 Å². The minimum Gasteiger partial charge on any atom is -0.397 e. The molecule has 17 heavy (non-hydrogen) atoms. The Morgan fingerprint density at radius 1 is 1.59 bits per heavy atom. The predicted molar refractivity (Wildman–Crippen MR) is 69.1 cm³/mol. The lowest BCUT2D eigenvalue weighted by Crippen LogP contribution is -2.33. The first kappa shape index (κ1) is 12.4. The van der Waals surface area contributed by atoms with E-state index < -0.39 is 9.84 Å². The fraction of sp³-hybridized carbons (Fsp3) is 0.500. The summed E-state index contributed by atoms with van der Waals surface area (Å²) >= 11 is 6.04. The molecule has 1 aromatic heterocycles. The third-order valence-electron chi connectivity index (χ3n) is 2.93. The monoisotopic (exact) mass is 275 g/mol. The Labute approximate surface area is 105 Å². The lowest BCUT2D eigenvalue weighted by Gasteiger charge is -2.25. The molecule has 0 radical (unpaired) electrons. The zero-order chi connectivity index (χ0) is 12.6. The Balaban J connectivity index is 2.23. The van der Waals surface area contributed by atoms with E-state index in [1.807, 2.05) is 4.90 Å². The van der Waals surface area contributed by atoms with Gasteiger partial charge < -0.3 is 10.6 Å². The van der Waals surface area contributed by atoms with Gasteiger partial charge in [-0.2, -0.15) is 0 Å². The fourth-order valence-electron chi connectivity index (χ4n) is 1.96. The molecule has 0 saturated carbocycles. The van der Waals surface area contributed by atoms with Crippen molar-refractivity contribution < 1.29 is 8.42 Å². The summed E-state index contributed by atoms with van der Waals surface area (Å²) in [7, 11) is -1.11. The molecule has 1 atom stereocenters. The molecular weight excluding hydrogens is 262 g/mol. The van der Waals surface area contributed by atoms with E-state index in [-0.39, 0.29) is 17.5 Å². The van der Waals surface area contributed by atoms with Crippen LogP contribution in [0.15, 0.2) is 12.3 Å². The molecule has 0 aliphatic carbocycles. The van der Waals surface area contributed by atoms with Gasteiger partial charge in [-0.1, -0.05) is 11.6 Å². The molecule has 0 bridgehead atoms. The second-order valence-corrected chi connectivity index (χ2v) is 6.88. The summed E-state index contributed by atoms with van der Waals surface area (Å²) in [4.78, 5) is 5.96. The van der Waals surface area contributed by atoms with E-state index in [1.54, 1.807) is 13.1 Å². The van der Waals surface area contributed by atoms with Crippen LogP contribution in [0.3, 0.4) is 0 Å². The van der Waals surface area contributed by atoms with Crippen LogP contribution < -0.4 is 10.6 Å². The first-order valence-electron chi connectivity index (χ1n) is 5.23. The number of pyridine rings is 1. The smallest absolute Gasteiger partial charge is 0.152 e. The van der Waals surface area contributed by atoms with Gasteiger partial charge in [0.25, 0.3) is 0 Å². The lowest BCUT2D eigenvalue weighted by atomic mass is 10.2. The van der Waals surface area contributed by atoms with Crippen LogP contribution in [0.1, 0.15) is 6.42 Å². The average molecular weight is 276 g/mol. The highest BCUT2D eigenvalue weighted by molar-refractivity contribution is 7.91. The second kappa shape index (κ2) is 4.34. The van der Waals surface area contributed by atoms with Crippen molar-refractivity contribution in [3.63, 3.8) is 0 Å². The Hall–Kier alpha value is -1.01. The lowest BCUT2D eigenvalue weighted by molar-refractivity contribution is 0.600. The number of sulfone groups is 1. The highest BCUT2D eigenvalue weighted by atomic mass is 35.5. The largest absolute Gasteiger partial charge is 0.397 e. The number of nitrogens with two attached hydrogens (primary N) is 1. The van der Waals surface area contributed by atoms with Gasteiger partial charge in [0.1, 0.15) is 5.82 Å². The van der Waals surface area contributed by atoms with Crippen molar-refractivity contribution in [1.82, 2.24) is 4.98 Å². The van der Waals surface area contributed by atoms with Crippen molar-refractivity contribution >= 4 is 32.9 Å². The van der Waals surface area contributed by atoms with Crippen molar-refractivity contribution in [3.8, 4) is 0 Å². The summed E-state index contributed by atoms with van der Waals surface area (Å²) < 4.78 is 22.8. The normalized spacial score (nSPS) is 22.6. The molecule has 1 aromatic rings. The number of nitrogen functional groups attached to an aromatic ring is 1. The Bertz CT molecular complexity index is 532. The van der Waals surface area contributed by atoms with Gasteiger partial charge >= 0.3 is 0 Å². The molecule has 1 unspecified atom stereocenters. The van der Waals surface area contributed by atoms with Crippen LogP contribution in [-0.2, 0) is 9.84 Å². The summed E-state index contributed by atoms with van der Waals surface area (Å²) in [5.41, 5.74) is 6.05. The summed E-state index contributed by atoms with van der Waals surface area (Å²) in [5.74, 6) is 0.962. The van der Waals surface area contributed by atoms with Crippen molar-refractivity contribution in [2.24, 2.45) is 0 Å². The topological polar surface area (TPSA) is 76.3 Å². The van der Waals surface area contributed by atoms with Gasteiger partial charge in [0, 0.05) is 13.1 Å². The quantitative estimate of drug-likeness (QED) is 0.869. The predicted octanol–water partition coefficient (Wildman–Crippen LogP) is 0.941. The molecule has 1 fully saturated rings. The van der Waals surface area contributed by atoms with E-state index in [1.165, 1.54) is 6.20 Å². The minimum absolute atomic E-state index is 0.0615. The van der Waals surface area contributed by atoms with Crippen molar-refractivity contribution in [3.05, 3.63) is 17.3 Å². The molecule has 0 amide bonds. The molecule has 2 heterocycles. The molecule has 1 aliphatic heterocycles. The van der Waals surface area contributed by atoms with Crippen molar-refractivity contribution in [1.29, 1.82) is 0 Å². The Morgan fingerprint density at radius 3 is 2.82 bits per heavy atom. The SMILES string of the molecule is CN(c1ncc(N)cc1Cl)C1CCS(=O)(=O)C1. The maximum Gasteiger partial charge on any atom is 0.152 e. The molecule has 0 aromatic carbocycles. The van der Waals surface area contributed by atoms with Crippen molar-refractivity contribution in [2.75, 3.05) is 29.2 Å². The Morgan fingerprint density at radius 2 is 2.29 bits per heavy atom. The third-order valence-corrected chi connectivity index (χ3v) is 4.96. The van der Waals surface area contributed by atoms with Crippen molar-refractivity contribution in [2.45, 2.75) is 12.5 Å². The molecule has 2 N–H and O–H groups in total. The number of nitrogens with zero attached hydrogens (tertiary/aromatic N) is 2. The van der Waals surface area contributed by atoms with E-state index in [9.17, 15) is 8.42 Å². The maximum atomic E-state index is 11.4. The van der Waals surface area contributed by atoms with Gasteiger partial charge in [0.05, 0.1) is 28.4 Å². The van der Waals surface area contributed by atoms with E-state index in [2.05, 4.69) is 4.98 Å². The number of rotatable bonds is 2. The summed E-state index contributed by atoms with van der Waals surface area (Å²) in [6.07, 6.45) is 2.13. The number of hydrogen-bond acceptors (Lipinski definition) is 5. The summed E-state index contributed by atoms with van der Waals surface area (Å²) in [6.45, 7) is 0. The van der Waals surface area contributed by atoms with Crippen LogP contribution in [-0.4, -0.2) is 38.0 Å². The van der Waals surface area contributed by atoms with E-state index in [0.717, 1.165) is 0 Å². The molecule has 0 spiro atoms. The van der Waals surface area contributed by atoms with Crippen LogP contribution in [0.4, 0.5) is 11.5 Å². The average Bonchev–Trinajstić information content (AvgIpc) is 2.58. The third kappa shape index (κ3) is 2.63. The second-order valence-electron chi connectivity index (χ2n) is 4.24.